The van der Waals surface area contributed by atoms with E-state index in [1.165, 1.54) is 0 Å². The van der Waals surface area contributed by atoms with Crippen LogP contribution in [0.4, 0.5) is 0 Å². The summed E-state index contributed by atoms with van der Waals surface area (Å²) in [4.78, 5) is 12.1. The summed E-state index contributed by atoms with van der Waals surface area (Å²) in [7, 11) is 0. The molecule has 0 aromatic carbocycles. The molecule has 472 valence electrons. The minimum Gasteiger partial charge on any atom is -0.394 e. The highest BCUT2D eigenvalue weighted by Gasteiger charge is 2.59. The molecule has 7 aliphatic rings. The Bertz CT molecular complexity index is 1940. The quantitative estimate of drug-likeness (QED) is 0.0538. The Balaban J connectivity index is 1.05. The third kappa shape index (κ3) is 13.9. The van der Waals surface area contributed by atoms with Gasteiger partial charge in [-0.15, -0.1) is 0 Å². The number of ether oxygens (including phenoxy) is 13. The third-order valence-corrected chi connectivity index (χ3v) is 14.9. The van der Waals surface area contributed by atoms with E-state index in [9.17, 15) is 117 Å². The van der Waals surface area contributed by atoms with Gasteiger partial charge < -0.3 is 179 Å². The van der Waals surface area contributed by atoms with E-state index in [2.05, 4.69) is 5.32 Å². The van der Waals surface area contributed by atoms with E-state index < -0.39 is 267 Å². The molecule has 81 heavy (non-hydrogen) atoms. The van der Waals surface area contributed by atoms with Crippen molar-refractivity contribution < 1.29 is 179 Å². The first kappa shape index (κ1) is 66.6. The Morgan fingerprint density at radius 1 is 0.296 bits per heavy atom. The van der Waals surface area contributed by atoms with Gasteiger partial charge in [-0.1, -0.05) is 0 Å². The minimum atomic E-state index is -2.32. The van der Waals surface area contributed by atoms with Crippen molar-refractivity contribution in [3.8, 4) is 0 Å². The maximum Gasteiger partial charge on any atom is 0.217 e. The van der Waals surface area contributed by atoms with E-state index in [4.69, 9.17) is 61.6 Å². The summed E-state index contributed by atoms with van der Waals surface area (Å²) < 4.78 is 72.9. The summed E-state index contributed by atoms with van der Waals surface area (Å²) in [6.07, 6.45) is -67.4. The van der Waals surface area contributed by atoms with Crippen molar-refractivity contribution in [3.05, 3.63) is 0 Å². The summed E-state index contributed by atoms with van der Waals surface area (Å²) >= 11 is 0. The van der Waals surface area contributed by atoms with Crippen LogP contribution in [-0.2, 0) is 66.4 Å². The molecular formula is C44H75NO36. The lowest BCUT2D eigenvalue weighted by molar-refractivity contribution is -0.399. The van der Waals surface area contributed by atoms with Crippen molar-refractivity contribution >= 4 is 5.91 Å². The van der Waals surface area contributed by atoms with Gasteiger partial charge in [-0.05, 0) is 0 Å². The molecule has 37 nitrogen and oxygen atoms in total. The molecular weight excluding hydrogens is 1120 g/mol. The van der Waals surface area contributed by atoms with Crippen molar-refractivity contribution in [2.45, 2.75) is 222 Å². The monoisotopic (exact) mass is 1190 g/mol. The van der Waals surface area contributed by atoms with Crippen LogP contribution in [0.1, 0.15) is 6.92 Å². The molecule has 37 heteroatoms. The van der Waals surface area contributed by atoms with Crippen LogP contribution < -0.4 is 5.32 Å². The molecule has 0 spiro atoms. The van der Waals surface area contributed by atoms with Gasteiger partial charge in [0.2, 0.25) is 5.91 Å². The fraction of sp³-hybridized carbons (Fsp3) is 0.977. The van der Waals surface area contributed by atoms with Gasteiger partial charge in [-0.3, -0.25) is 4.79 Å². The number of hydrogen-bond acceptors (Lipinski definition) is 36. The second-order valence-electron chi connectivity index (χ2n) is 20.3. The fourth-order valence-corrected chi connectivity index (χ4v) is 10.4. The van der Waals surface area contributed by atoms with Crippen LogP contribution in [0.3, 0.4) is 0 Å². The van der Waals surface area contributed by atoms with Gasteiger partial charge in [0, 0.05) is 6.92 Å². The highest BCUT2D eigenvalue weighted by atomic mass is 16.8. The molecule has 7 rings (SSSR count). The lowest BCUT2D eigenvalue weighted by Crippen LogP contribution is -2.69. The number of carbonyl (C=O) groups is 1. The topological polar surface area (TPSA) is 594 Å². The van der Waals surface area contributed by atoms with Gasteiger partial charge in [-0.25, -0.2) is 0 Å². The number of carbonyl (C=O) groups excluding carboxylic acids is 1. The van der Waals surface area contributed by atoms with Crippen LogP contribution >= 0.6 is 0 Å². The van der Waals surface area contributed by atoms with E-state index in [0.29, 0.717) is 0 Å². The number of nitrogens with one attached hydrogen (secondary N) is 1. The fourth-order valence-electron chi connectivity index (χ4n) is 10.4. The Kier molecular flexibility index (Phi) is 23.6. The van der Waals surface area contributed by atoms with Crippen molar-refractivity contribution in [2.75, 3.05) is 46.2 Å². The normalized spacial score (nSPS) is 51.9. The molecule has 23 N–H and O–H groups in total. The zero-order valence-electron chi connectivity index (χ0n) is 42.7. The van der Waals surface area contributed by atoms with E-state index in [0.717, 1.165) is 6.92 Å². The maximum absolute atomic E-state index is 12.1. The standard InChI is InChI=1S/C44H75NO36/c1-9(53)45-17-23(59)18(54)10(2-46)70-39(17)78-34-19(55)11(3-47)72-42(28(34)64)80-36-21(57)13(5-49)74-44(30(36)66)81-37-22(58)14(6-50)73-43(31(37)67)79-35-20(56)12(4-48)71-41(29(35)65)77-33-16(8-52)75-40(27(63)25(33)61)76-32-15(7-51)69-38(68)26(62)24(32)60/h10-44,46-52,54-68H,2-8H2,1H3,(H,45,53)/t10-,11-,12-,13-,14-,15-,16-,17-,18+,19+,20+,21+,22+,23-,24-,25-,26-,27-,28-,29-,30-,31-,32-,33+,34+,35+,36+,37+,38-,39+,40+,41-,42-,43-,44+/m1/s1. The van der Waals surface area contributed by atoms with E-state index in [1.54, 1.807) is 0 Å². The number of hydrogen-bond donors (Lipinski definition) is 23. The first-order chi connectivity index (χ1) is 38.4. The number of amides is 1. The van der Waals surface area contributed by atoms with E-state index in [1.807, 2.05) is 0 Å². The van der Waals surface area contributed by atoms with Crippen LogP contribution in [0.2, 0.25) is 0 Å². The average Bonchev–Trinajstić information content (AvgIpc) is 3.56. The molecule has 0 radical (unpaired) electrons. The number of aliphatic hydroxyl groups excluding tert-OH is 22. The van der Waals surface area contributed by atoms with Crippen molar-refractivity contribution in [3.63, 3.8) is 0 Å². The Labute approximate surface area is 457 Å². The molecule has 0 aromatic heterocycles. The Morgan fingerprint density at radius 3 is 0.889 bits per heavy atom. The molecule has 7 saturated heterocycles. The SMILES string of the molecule is CC(=O)N[C@H]1[C@H](O[C@H]2[C@@H](O)[C@@H](CO)O[C@H](O[C@H]3[C@@H](O)[C@@H](CO)O[C@@H](O[C@H]4[C@@H](O)[C@@H](CO)O[C@H](O[C@H]5[C@@H](O)[C@@H](CO)O[C@H](O[C@@H]6[C@H](O)[C@@H](O)[C@H](O[C@H]7[C@H](O)[C@@H](O)[C@H](O)O[C@@H]7CO)O[C@@H]6CO)[C@@H]5O)[C@@H]4O)[C@@H]3O)[C@@H]2O)O[C@H](CO)[C@H](O)[C@@H]1O. The van der Waals surface area contributed by atoms with Gasteiger partial charge in [0.05, 0.1) is 46.2 Å². The van der Waals surface area contributed by atoms with Gasteiger partial charge in [0.1, 0.15) is 171 Å². The van der Waals surface area contributed by atoms with Crippen LogP contribution in [0, 0.1) is 0 Å². The predicted octanol–water partition coefficient (Wildman–Crippen LogP) is -16.1. The number of rotatable bonds is 20. The molecule has 0 unspecified atom stereocenters. The Hall–Kier alpha value is -1.93. The van der Waals surface area contributed by atoms with E-state index >= 15 is 0 Å². The van der Waals surface area contributed by atoms with Crippen molar-refractivity contribution in [1.29, 1.82) is 0 Å². The second-order valence-corrected chi connectivity index (χ2v) is 20.3. The maximum atomic E-state index is 12.1. The predicted molar refractivity (Wildman–Crippen MR) is 243 cm³/mol. The molecule has 35 atom stereocenters. The van der Waals surface area contributed by atoms with Gasteiger partial charge in [0.25, 0.3) is 0 Å². The Morgan fingerprint density at radius 2 is 0.556 bits per heavy atom. The molecule has 0 saturated carbocycles. The van der Waals surface area contributed by atoms with Crippen molar-refractivity contribution in [1.82, 2.24) is 5.32 Å². The number of aliphatic hydroxyl groups is 22. The van der Waals surface area contributed by atoms with Crippen LogP contribution in [0.5, 0.6) is 0 Å². The van der Waals surface area contributed by atoms with Crippen LogP contribution in [0.25, 0.3) is 0 Å². The molecule has 7 fully saturated rings. The smallest absolute Gasteiger partial charge is 0.217 e. The molecule has 1 amide bonds. The largest absolute Gasteiger partial charge is 0.394 e. The second kappa shape index (κ2) is 28.7. The first-order valence-electron chi connectivity index (χ1n) is 25.6. The third-order valence-electron chi connectivity index (χ3n) is 14.9. The average molecular weight is 1190 g/mol. The lowest BCUT2D eigenvalue weighted by Gasteiger charge is -2.50. The highest BCUT2D eigenvalue weighted by molar-refractivity contribution is 5.73. The molecule has 0 aromatic rings. The van der Waals surface area contributed by atoms with Crippen LogP contribution in [-0.4, -0.2) is 379 Å². The zero-order valence-corrected chi connectivity index (χ0v) is 42.7. The summed E-state index contributed by atoms with van der Waals surface area (Å²) in [5, 5.41) is 239. The minimum absolute atomic E-state index is 0.769. The summed E-state index contributed by atoms with van der Waals surface area (Å²) in [5.74, 6) is -0.769. The van der Waals surface area contributed by atoms with Gasteiger partial charge in [-0.2, -0.15) is 0 Å². The van der Waals surface area contributed by atoms with Gasteiger partial charge >= 0.3 is 0 Å². The van der Waals surface area contributed by atoms with E-state index in [-0.39, 0.29) is 0 Å². The molecule has 7 heterocycles. The van der Waals surface area contributed by atoms with Gasteiger partial charge in [0.15, 0.2) is 44.0 Å². The summed E-state index contributed by atoms with van der Waals surface area (Å²) in [6, 6.07) is -1.61. The first-order valence-corrected chi connectivity index (χ1v) is 25.6. The molecule has 0 bridgehead atoms. The van der Waals surface area contributed by atoms with Crippen LogP contribution in [0.15, 0.2) is 0 Å². The summed E-state index contributed by atoms with van der Waals surface area (Å²) in [5.41, 5.74) is 0. The summed E-state index contributed by atoms with van der Waals surface area (Å²) in [6.45, 7) is -6.03. The highest BCUT2D eigenvalue weighted by Crippen LogP contribution is 2.38. The molecule has 7 aliphatic heterocycles. The molecule has 0 aliphatic carbocycles. The lowest BCUT2D eigenvalue weighted by atomic mass is 9.94. The van der Waals surface area contributed by atoms with Crippen molar-refractivity contribution in [2.24, 2.45) is 0 Å². The zero-order chi connectivity index (χ0) is 59.6.